The van der Waals surface area contributed by atoms with Gasteiger partial charge in [0.1, 0.15) is 5.01 Å². The summed E-state index contributed by atoms with van der Waals surface area (Å²) in [6.45, 7) is 0. The van der Waals surface area contributed by atoms with Crippen LogP contribution < -0.4 is 4.90 Å². The molecule has 11 rings (SSSR count). The van der Waals surface area contributed by atoms with Crippen molar-refractivity contribution < 1.29 is 0 Å². The molecular formula is C55H36N2S2. The van der Waals surface area contributed by atoms with Crippen LogP contribution in [0.15, 0.2) is 218 Å². The third kappa shape index (κ3) is 6.49. The van der Waals surface area contributed by atoms with Crippen LogP contribution in [-0.4, -0.2) is 4.98 Å². The van der Waals surface area contributed by atoms with E-state index in [2.05, 4.69) is 223 Å². The molecule has 0 atom stereocenters. The molecule has 0 saturated carbocycles. The number of anilines is 3. The van der Waals surface area contributed by atoms with E-state index in [4.69, 9.17) is 4.98 Å². The fourth-order valence-corrected chi connectivity index (χ4v) is 10.7. The Morgan fingerprint density at radius 3 is 1.51 bits per heavy atom. The summed E-state index contributed by atoms with van der Waals surface area (Å²) < 4.78 is 3.80. The highest BCUT2D eigenvalue weighted by atomic mass is 32.1. The molecule has 0 saturated heterocycles. The lowest BCUT2D eigenvalue weighted by Crippen LogP contribution is -2.11. The summed E-state index contributed by atoms with van der Waals surface area (Å²) >= 11 is 3.66. The lowest BCUT2D eigenvalue weighted by atomic mass is 9.96. The number of rotatable bonds is 8. The number of thiazole rings is 1. The molecule has 278 valence electrons. The fraction of sp³-hybridized carbons (Fsp3) is 0. The second-order valence-electron chi connectivity index (χ2n) is 14.7. The fourth-order valence-electron chi connectivity index (χ4n) is 8.24. The zero-order valence-electron chi connectivity index (χ0n) is 32.0. The smallest absolute Gasteiger partial charge is 0.124 e. The molecule has 2 nitrogen and oxygen atoms in total. The highest BCUT2D eigenvalue weighted by Crippen LogP contribution is 2.48. The standard InChI is InChI=1S/C55H36N2S2/c1-5-15-37(16-6-1)39-25-30-44(31-26-39)57(50-35-43(38-17-7-2-8-18-38)29-34-46(50)40-19-9-3-10-20-40)45-32-27-41(28-33-45)52-53-48(47-23-13-14-24-51(47)58-53)36-49-54(52)59-55(56-49)42-21-11-4-12-22-42/h1-36H. The Labute approximate surface area is 351 Å². The average molecular weight is 789 g/mol. The Hall–Kier alpha value is -7.11. The number of hydrogen-bond donors (Lipinski definition) is 0. The van der Waals surface area contributed by atoms with Crippen molar-refractivity contribution in [2.75, 3.05) is 4.90 Å². The normalized spacial score (nSPS) is 11.4. The van der Waals surface area contributed by atoms with Gasteiger partial charge in [-0.25, -0.2) is 4.98 Å². The van der Waals surface area contributed by atoms with Crippen LogP contribution in [0.4, 0.5) is 17.1 Å². The molecule has 59 heavy (non-hydrogen) atoms. The van der Waals surface area contributed by atoms with E-state index in [0.717, 1.165) is 38.7 Å². The first kappa shape index (κ1) is 35.1. The Balaban J connectivity index is 1.11. The van der Waals surface area contributed by atoms with Gasteiger partial charge in [0.05, 0.1) is 15.9 Å². The highest BCUT2D eigenvalue weighted by molar-refractivity contribution is 7.27. The summed E-state index contributed by atoms with van der Waals surface area (Å²) in [5.41, 5.74) is 15.0. The summed E-state index contributed by atoms with van der Waals surface area (Å²) in [6.07, 6.45) is 0. The maximum Gasteiger partial charge on any atom is 0.124 e. The minimum Gasteiger partial charge on any atom is -0.310 e. The van der Waals surface area contributed by atoms with E-state index in [1.165, 1.54) is 63.8 Å². The van der Waals surface area contributed by atoms with Crippen molar-refractivity contribution >= 4 is 70.1 Å². The van der Waals surface area contributed by atoms with Gasteiger partial charge >= 0.3 is 0 Å². The van der Waals surface area contributed by atoms with Gasteiger partial charge in [0.2, 0.25) is 0 Å². The minimum absolute atomic E-state index is 1.04. The number of nitrogens with zero attached hydrogens (tertiary/aromatic N) is 2. The predicted molar refractivity (Wildman–Crippen MR) is 254 cm³/mol. The first-order valence-corrected chi connectivity index (χ1v) is 21.5. The number of benzene rings is 9. The van der Waals surface area contributed by atoms with Crippen LogP contribution in [0, 0.1) is 0 Å². The molecule has 0 bridgehead atoms. The van der Waals surface area contributed by atoms with Crippen LogP contribution >= 0.6 is 22.7 Å². The third-order valence-corrected chi connectivity index (χ3v) is 13.5. The zero-order valence-corrected chi connectivity index (χ0v) is 33.6. The van der Waals surface area contributed by atoms with Gasteiger partial charge < -0.3 is 4.90 Å². The first-order valence-electron chi connectivity index (χ1n) is 19.9. The summed E-state index contributed by atoms with van der Waals surface area (Å²) in [6, 6.07) is 78.7. The number of thiophene rings is 1. The second-order valence-corrected chi connectivity index (χ2v) is 16.8. The molecule has 0 amide bonds. The van der Waals surface area contributed by atoms with Crippen LogP contribution in [0.2, 0.25) is 0 Å². The van der Waals surface area contributed by atoms with E-state index in [0.29, 0.717) is 0 Å². The van der Waals surface area contributed by atoms with Crippen LogP contribution in [0.3, 0.4) is 0 Å². The molecule has 0 aliphatic carbocycles. The van der Waals surface area contributed by atoms with E-state index < -0.39 is 0 Å². The molecule has 2 aromatic heterocycles. The summed E-state index contributed by atoms with van der Waals surface area (Å²) in [7, 11) is 0. The topological polar surface area (TPSA) is 16.1 Å². The average Bonchev–Trinajstić information content (AvgIpc) is 3.92. The van der Waals surface area contributed by atoms with Gasteiger partial charge in [-0.3, -0.25) is 0 Å². The van der Waals surface area contributed by atoms with Gasteiger partial charge in [0, 0.05) is 48.2 Å². The molecule has 0 aliphatic heterocycles. The molecule has 0 spiro atoms. The maximum absolute atomic E-state index is 5.25. The van der Waals surface area contributed by atoms with Crippen molar-refractivity contribution in [3.8, 4) is 55.1 Å². The van der Waals surface area contributed by atoms with Crippen molar-refractivity contribution in [2.24, 2.45) is 0 Å². The molecule has 11 aromatic rings. The molecule has 9 aromatic carbocycles. The molecule has 0 fully saturated rings. The van der Waals surface area contributed by atoms with Gasteiger partial charge in [-0.2, -0.15) is 0 Å². The van der Waals surface area contributed by atoms with Crippen molar-refractivity contribution in [3.05, 3.63) is 218 Å². The molecule has 0 radical (unpaired) electrons. The van der Waals surface area contributed by atoms with Crippen molar-refractivity contribution in [3.63, 3.8) is 0 Å². The van der Waals surface area contributed by atoms with Crippen molar-refractivity contribution in [1.82, 2.24) is 4.98 Å². The monoisotopic (exact) mass is 788 g/mol. The molecule has 2 heterocycles. The molecule has 4 heteroatoms. The molecular weight excluding hydrogens is 753 g/mol. The Bertz CT molecular complexity index is 3230. The summed E-state index contributed by atoms with van der Waals surface area (Å²) in [4.78, 5) is 7.67. The largest absolute Gasteiger partial charge is 0.310 e. The molecule has 0 aliphatic rings. The van der Waals surface area contributed by atoms with E-state index in [9.17, 15) is 0 Å². The Morgan fingerprint density at radius 1 is 0.356 bits per heavy atom. The SMILES string of the molecule is c1ccc(-c2ccc(N(c3ccc(-c4c5sc(-c6ccccc6)nc5cc5c4sc4ccccc45)cc3)c3cc(-c4ccccc4)ccc3-c3ccccc3)cc2)cc1. The van der Waals surface area contributed by atoms with Crippen molar-refractivity contribution in [2.45, 2.75) is 0 Å². The lowest BCUT2D eigenvalue weighted by molar-refractivity contribution is 1.28. The first-order chi connectivity index (χ1) is 29.2. The van der Waals surface area contributed by atoms with E-state index in [-0.39, 0.29) is 0 Å². The number of hydrogen-bond acceptors (Lipinski definition) is 4. The van der Waals surface area contributed by atoms with Gasteiger partial charge in [-0.15, -0.1) is 22.7 Å². The van der Waals surface area contributed by atoms with E-state index in [1.807, 2.05) is 11.3 Å². The Kier molecular flexibility index (Phi) is 8.92. The van der Waals surface area contributed by atoms with Gasteiger partial charge in [-0.05, 0) is 75.8 Å². The second kappa shape index (κ2) is 15.0. The van der Waals surface area contributed by atoms with Gasteiger partial charge in [0.25, 0.3) is 0 Å². The summed E-state index contributed by atoms with van der Waals surface area (Å²) in [5, 5.41) is 3.57. The highest BCUT2D eigenvalue weighted by Gasteiger charge is 2.22. The van der Waals surface area contributed by atoms with Crippen LogP contribution in [0.1, 0.15) is 0 Å². The van der Waals surface area contributed by atoms with E-state index >= 15 is 0 Å². The van der Waals surface area contributed by atoms with Gasteiger partial charge in [-0.1, -0.05) is 176 Å². The van der Waals surface area contributed by atoms with Crippen molar-refractivity contribution in [1.29, 1.82) is 0 Å². The summed E-state index contributed by atoms with van der Waals surface area (Å²) in [5.74, 6) is 0. The Morgan fingerprint density at radius 2 is 0.864 bits per heavy atom. The lowest BCUT2D eigenvalue weighted by Gasteiger charge is -2.29. The van der Waals surface area contributed by atoms with Crippen LogP contribution in [0.5, 0.6) is 0 Å². The van der Waals surface area contributed by atoms with E-state index in [1.54, 1.807) is 11.3 Å². The predicted octanol–water partition coefficient (Wildman–Crippen LogP) is 16.5. The zero-order chi connectivity index (χ0) is 39.1. The number of fused-ring (bicyclic) bond motifs is 4. The van der Waals surface area contributed by atoms with Crippen LogP contribution in [-0.2, 0) is 0 Å². The minimum atomic E-state index is 1.04. The third-order valence-electron chi connectivity index (χ3n) is 11.1. The molecule has 0 unspecified atom stereocenters. The maximum atomic E-state index is 5.25. The quantitative estimate of drug-likeness (QED) is 0.152. The number of aromatic nitrogens is 1. The van der Waals surface area contributed by atoms with Crippen LogP contribution in [0.25, 0.3) is 85.5 Å². The molecule has 0 N–H and O–H groups in total. The van der Waals surface area contributed by atoms with Gasteiger partial charge in [0.15, 0.2) is 0 Å².